The fraction of sp³-hybridized carbons (Fsp3) is 0.900. The Morgan fingerprint density at radius 1 is 1.67 bits per heavy atom. The fourth-order valence-corrected chi connectivity index (χ4v) is 1.66. The van der Waals surface area contributed by atoms with Crippen molar-refractivity contribution in [2.24, 2.45) is 0 Å². The molecule has 15 heavy (non-hydrogen) atoms. The Labute approximate surface area is 90.2 Å². The number of carbonyl (C=O) groups excluding carboxylic acids is 1. The van der Waals surface area contributed by atoms with Crippen LogP contribution in [0.25, 0.3) is 0 Å². The lowest BCUT2D eigenvalue weighted by molar-refractivity contribution is -0.123. The molecule has 0 radical (unpaired) electrons. The van der Waals surface area contributed by atoms with E-state index in [1.165, 1.54) is 0 Å². The van der Waals surface area contributed by atoms with E-state index in [1.54, 1.807) is 7.11 Å². The molecule has 88 valence electrons. The summed E-state index contributed by atoms with van der Waals surface area (Å²) >= 11 is 0. The van der Waals surface area contributed by atoms with Crippen LogP contribution in [0.3, 0.4) is 0 Å². The third-order valence-electron chi connectivity index (χ3n) is 2.49. The number of hydrogen-bond donors (Lipinski definition) is 3. The Kier molecular flexibility index (Phi) is 5.60. The number of aliphatic hydroxyl groups is 1. The second kappa shape index (κ2) is 6.76. The number of carbonyl (C=O) groups is 1. The van der Waals surface area contributed by atoms with E-state index in [1.807, 2.05) is 0 Å². The van der Waals surface area contributed by atoms with E-state index in [2.05, 4.69) is 10.6 Å². The highest BCUT2D eigenvalue weighted by Crippen LogP contribution is 2.05. The lowest BCUT2D eigenvalue weighted by atomic mass is 10.1. The van der Waals surface area contributed by atoms with Gasteiger partial charge in [0.2, 0.25) is 5.91 Å². The zero-order valence-corrected chi connectivity index (χ0v) is 9.16. The van der Waals surface area contributed by atoms with Gasteiger partial charge in [0.05, 0.1) is 18.8 Å². The minimum Gasteiger partial charge on any atom is -0.389 e. The van der Waals surface area contributed by atoms with E-state index in [4.69, 9.17) is 4.74 Å². The van der Waals surface area contributed by atoms with Crippen LogP contribution >= 0.6 is 0 Å². The molecule has 1 aliphatic rings. The van der Waals surface area contributed by atoms with Gasteiger partial charge in [0.25, 0.3) is 0 Å². The maximum Gasteiger partial charge on any atom is 0.237 e. The SMILES string of the molecule is COC[C@@H](O)CNC1CCCCNC1=O. The van der Waals surface area contributed by atoms with Crippen LogP contribution in [-0.2, 0) is 9.53 Å². The number of hydrogen-bond acceptors (Lipinski definition) is 4. The molecule has 1 heterocycles. The number of ether oxygens (including phenoxy) is 1. The summed E-state index contributed by atoms with van der Waals surface area (Å²) < 4.78 is 4.80. The Morgan fingerprint density at radius 3 is 3.20 bits per heavy atom. The van der Waals surface area contributed by atoms with Crippen LogP contribution in [0.1, 0.15) is 19.3 Å². The van der Waals surface area contributed by atoms with Gasteiger partial charge in [-0.25, -0.2) is 0 Å². The molecule has 1 fully saturated rings. The van der Waals surface area contributed by atoms with E-state index in [9.17, 15) is 9.90 Å². The van der Waals surface area contributed by atoms with Gasteiger partial charge in [-0.05, 0) is 19.3 Å². The molecular formula is C10H20N2O3. The summed E-state index contributed by atoms with van der Waals surface area (Å²) in [5.74, 6) is 0.0390. The second-order valence-electron chi connectivity index (χ2n) is 3.86. The van der Waals surface area contributed by atoms with Crippen molar-refractivity contribution in [2.75, 3.05) is 26.8 Å². The largest absolute Gasteiger partial charge is 0.389 e. The van der Waals surface area contributed by atoms with Crippen LogP contribution in [0.2, 0.25) is 0 Å². The predicted octanol–water partition coefficient (Wildman–Crippen LogP) is -0.748. The third-order valence-corrected chi connectivity index (χ3v) is 2.49. The zero-order chi connectivity index (χ0) is 11.1. The molecular weight excluding hydrogens is 196 g/mol. The second-order valence-corrected chi connectivity index (χ2v) is 3.86. The van der Waals surface area contributed by atoms with Crippen LogP contribution in [0, 0.1) is 0 Å². The van der Waals surface area contributed by atoms with Crippen LogP contribution in [-0.4, -0.2) is 50.0 Å². The molecule has 0 saturated carbocycles. The van der Waals surface area contributed by atoms with Crippen molar-refractivity contribution in [3.63, 3.8) is 0 Å². The van der Waals surface area contributed by atoms with E-state index in [0.29, 0.717) is 13.2 Å². The quantitative estimate of drug-likeness (QED) is 0.565. The molecule has 1 rings (SSSR count). The maximum absolute atomic E-state index is 11.5. The molecule has 0 aliphatic carbocycles. The summed E-state index contributed by atoms with van der Waals surface area (Å²) in [4.78, 5) is 11.5. The van der Waals surface area contributed by atoms with Gasteiger partial charge in [-0.3, -0.25) is 4.79 Å². The topological polar surface area (TPSA) is 70.6 Å². The predicted molar refractivity (Wildman–Crippen MR) is 56.5 cm³/mol. The molecule has 0 spiro atoms. The van der Waals surface area contributed by atoms with Gasteiger partial charge in [0.1, 0.15) is 0 Å². The molecule has 1 saturated heterocycles. The highest BCUT2D eigenvalue weighted by molar-refractivity contribution is 5.81. The molecule has 0 bridgehead atoms. The molecule has 2 atom stereocenters. The first-order valence-electron chi connectivity index (χ1n) is 5.42. The van der Waals surface area contributed by atoms with E-state index in [-0.39, 0.29) is 11.9 Å². The first-order chi connectivity index (χ1) is 7.24. The molecule has 0 aromatic heterocycles. The van der Waals surface area contributed by atoms with Crippen molar-refractivity contribution >= 4 is 5.91 Å². The number of nitrogens with one attached hydrogen (secondary N) is 2. The first-order valence-corrected chi connectivity index (χ1v) is 5.42. The van der Waals surface area contributed by atoms with Crippen LogP contribution < -0.4 is 10.6 Å². The standard InChI is InChI=1S/C10H20N2O3/c1-15-7-8(13)6-12-9-4-2-3-5-11-10(9)14/h8-9,12-13H,2-7H2,1H3,(H,11,14)/t8-,9?/m0/s1. The summed E-state index contributed by atoms with van der Waals surface area (Å²) in [6, 6.07) is -0.168. The number of methoxy groups -OCH3 is 1. The van der Waals surface area contributed by atoms with Crippen LogP contribution in [0.15, 0.2) is 0 Å². The Morgan fingerprint density at radius 2 is 2.47 bits per heavy atom. The van der Waals surface area contributed by atoms with Crippen molar-refractivity contribution in [2.45, 2.75) is 31.4 Å². The molecule has 0 aromatic rings. The van der Waals surface area contributed by atoms with Crippen molar-refractivity contribution in [1.82, 2.24) is 10.6 Å². The van der Waals surface area contributed by atoms with E-state index >= 15 is 0 Å². The molecule has 1 amide bonds. The monoisotopic (exact) mass is 216 g/mol. The maximum atomic E-state index is 11.5. The van der Waals surface area contributed by atoms with Gasteiger partial charge in [-0.2, -0.15) is 0 Å². The lowest BCUT2D eigenvalue weighted by Crippen LogP contribution is -2.46. The molecule has 0 aromatic carbocycles. The zero-order valence-electron chi connectivity index (χ0n) is 9.16. The molecule has 1 unspecified atom stereocenters. The number of aliphatic hydroxyl groups excluding tert-OH is 1. The van der Waals surface area contributed by atoms with E-state index in [0.717, 1.165) is 25.8 Å². The third kappa shape index (κ3) is 4.59. The molecule has 1 aliphatic heterocycles. The summed E-state index contributed by atoms with van der Waals surface area (Å²) in [6.45, 7) is 1.45. The molecule has 5 heteroatoms. The Balaban J connectivity index is 2.26. The minimum atomic E-state index is -0.550. The summed E-state index contributed by atoms with van der Waals surface area (Å²) in [7, 11) is 1.54. The molecule has 5 nitrogen and oxygen atoms in total. The van der Waals surface area contributed by atoms with Crippen molar-refractivity contribution in [3.8, 4) is 0 Å². The van der Waals surface area contributed by atoms with Gasteiger partial charge < -0.3 is 20.5 Å². The summed E-state index contributed by atoms with van der Waals surface area (Å²) in [5, 5.41) is 15.3. The van der Waals surface area contributed by atoms with Crippen molar-refractivity contribution in [3.05, 3.63) is 0 Å². The highest BCUT2D eigenvalue weighted by atomic mass is 16.5. The van der Waals surface area contributed by atoms with Gasteiger partial charge in [0, 0.05) is 20.2 Å². The fourth-order valence-electron chi connectivity index (χ4n) is 1.66. The van der Waals surface area contributed by atoms with E-state index < -0.39 is 6.10 Å². The number of rotatable bonds is 5. The summed E-state index contributed by atoms with van der Waals surface area (Å²) in [6.07, 6.45) is 2.36. The van der Waals surface area contributed by atoms with Crippen molar-refractivity contribution in [1.29, 1.82) is 0 Å². The Bertz CT molecular complexity index is 199. The minimum absolute atomic E-state index is 0.0390. The lowest BCUT2D eigenvalue weighted by Gasteiger charge is -2.17. The van der Waals surface area contributed by atoms with Gasteiger partial charge in [-0.1, -0.05) is 0 Å². The average molecular weight is 216 g/mol. The number of amides is 1. The van der Waals surface area contributed by atoms with Gasteiger partial charge in [0.15, 0.2) is 0 Å². The smallest absolute Gasteiger partial charge is 0.237 e. The Hall–Kier alpha value is -0.650. The van der Waals surface area contributed by atoms with Crippen LogP contribution in [0.5, 0.6) is 0 Å². The van der Waals surface area contributed by atoms with Gasteiger partial charge >= 0.3 is 0 Å². The average Bonchev–Trinajstić information content (AvgIpc) is 2.41. The van der Waals surface area contributed by atoms with Crippen LogP contribution in [0.4, 0.5) is 0 Å². The van der Waals surface area contributed by atoms with Gasteiger partial charge in [-0.15, -0.1) is 0 Å². The van der Waals surface area contributed by atoms with Crippen molar-refractivity contribution < 1.29 is 14.6 Å². The highest BCUT2D eigenvalue weighted by Gasteiger charge is 2.20. The first kappa shape index (κ1) is 12.4. The summed E-state index contributed by atoms with van der Waals surface area (Å²) in [5.41, 5.74) is 0. The normalized spacial score (nSPS) is 24.4. The molecule has 3 N–H and O–H groups in total.